The standard InChI is InChI=1S/C11H9Cl3O3/c1-16-10(15)8-9(11(8,13)14)17-7-4-2-6(12)3-5-7/h2-5,8-9H,1H3. The Balaban J connectivity index is 2.06. The predicted octanol–water partition coefficient (Wildman–Crippen LogP) is 3.06. The van der Waals surface area contributed by atoms with E-state index in [0.29, 0.717) is 10.8 Å². The number of esters is 1. The average Bonchev–Trinajstić information content (AvgIpc) is 2.83. The molecule has 6 heteroatoms. The molecule has 0 amide bonds. The third kappa shape index (κ3) is 2.46. The number of carbonyl (C=O) groups excluding carboxylic acids is 1. The average molecular weight is 296 g/mol. The molecule has 2 atom stereocenters. The van der Waals surface area contributed by atoms with Crippen LogP contribution >= 0.6 is 34.8 Å². The Morgan fingerprint density at radius 2 is 1.88 bits per heavy atom. The minimum atomic E-state index is -1.23. The summed E-state index contributed by atoms with van der Waals surface area (Å²) in [6, 6.07) is 6.71. The number of hydrogen-bond donors (Lipinski definition) is 0. The van der Waals surface area contributed by atoms with Gasteiger partial charge in [0.2, 0.25) is 0 Å². The third-order valence-corrected chi connectivity index (χ3v) is 3.67. The van der Waals surface area contributed by atoms with Gasteiger partial charge in [-0.3, -0.25) is 4.79 Å². The fourth-order valence-electron chi connectivity index (χ4n) is 1.51. The Bertz CT molecular complexity index is 430. The zero-order valence-electron chi connectivity index (χ0n) is 8.82. The molecule has 0 saturated heterocycles. The second kappa shape index (κ2) is 4.56. The molecule has 0 bridgehead atoms. The van der Waals surface area contributed by atoms with Gasteiger partial charge in [-0.1, -0.05) is 34.8 Å². The summed E-state index contributed by atoms with van der Waals surface area (Å²) < 4.78 is 8.87. The van der Waals surface area contributed by atoms with E-state index >= 15 is 0 Å². The number of carbonyl (C=O) groups is 1. The summed E-state index contributed by atoms with van der Waals surface area (Å²) in [7, 11) is 1.28. The van der Waals surface area contributed by atoms with E-state index in [9.17, 15) is 4.79 Å². The highest BCUT2D eigenvalue weighted by molar-refractivity contribution is 6.53. The zero-order chi connectivity index (χ0) is 12.6. The lowest BCUT2D eigenvalue weighted by atomic mass is 10.3. The molecule has 0 spiro atoms. The molecular formula is C11H9Cl3O3. The van der Waals surface area contributed by atoms with Crippen molar-refractivity contribution in [3.8, 4) is 5.75 Å². The lowest BCUT2D eigenvalue weighted by Crippen LogP contribution is -2.10. The Morgan fingerprint density at radius 3 is 2.41 bits per heavy atom. The summed E-state index contributed by atoms with van der Waals surface area (Å²) in [5.74, 6) is -0.586. The van der Waals surface area contributed by atoms with Crippen molar-refractivity contribution in [3.63, 3.8) is 0 Å². The molecule has 1 aromatic carbocycles. The van der Waals surface area contributed by atoms with Gasteiger partial charge >= 0.3 is 5.97 Å². The van der Waals surface area contributed by atoms with E-state index in [0.717, 1.165) is 0 Å². The number of benzene rings is 1. The molecule has 0 radical (unpaired) electrons. The summed E-state index contributed by atoms with van der Waals surface area (Å²) >= 11 is 17.6. The fraction of sp³-hybridized carbons (Fsp3) is 0.364. The second-order valence-corrected chi connectivity index (χ2v) is 5.55. The largest absolute Gasteiger partial charge is 0.486 e. The van der Waals surface area contributed by atoms with Gasteiger partial charge in [0.25, 0.3) is 0 Å². The summed E-state index contributed by atoms with van der Waals surface area (Å²) in [6.45, 7) is 0. The molecule has 0 aliphatic heterocycles. The molecule has 3 nitrogen and oxygen atoms in total. The Labute approximate surface area is 114 Å². The van der Waals surface area contributed by atoms with Gasteiger partial charge in [0, 0.05) is 5.02 Å². The number of halogens is 3. The Hall–Kier alpha value is -0.640. The lowest BCUT2D eigenvalue weighted by molar-refractivity contribution is -0.142. The van der Waals surface area contributed by atoms with Gasteiger partial charge < -0.3 is 9.47 Å². The molecule has 1 fully saturated rings. The van der Waals surface area contributed by atoms with Crippen LogP contribution in [0, 0.1) is 5.92 Å². The normalized spacial score (nSPS) is 25.2. The van der Waals surface area contributed by atoms with E-state index in [1.165, 1.54) is 7.11 Å². The van der Waals surface area contributed by atoms with E-state index < -0.39 is 22.3 Å². The van der Waals surface area contributed by atoms with Gasteiger partial charge in [-0.25, -0.2) is 0 Å². The third-order valence-electron chi connectivity index (χ3n) is 2.52. The fourth-order valence-corrected chi connectivity index (χ4v) is 2.26. The van der Waals surface area contributed by atoms with E-state index in [1.54, 1.807) is 24.3 Å². The predicted molar refractivity (Wildman–Crippen MR) is 65.8 cm³/mol. The van der Waals surface area contributed by atoms with Gasteiger partial charge in [0.1, 0.15) is 17.8 Å². The van der Waals surface area contributed by atoms with Crippen molar-refractivity contribution in [1.29, 1.82) is 0 Å². The lowest BCUT2D eigenvalue weighted by Gasteiger charge is -2.05. The summed E-state index contributed by atoms with van der Waals surface area (Å²) in [5.41, 5.74) is 0. The van der Waals surface area contributed by atoms with Crippen LogP contribution in [0.1, 0.15) is 0 Å². The molecule has 0 aromatic heterocycles. The quantitative estimate of drug-likeness (QED) is 0.635. The van der Waals surface area contributed by atoms with Gasteiger partial charge in [-0.15, -0.1) is 0 Å². The molecule has 17 heavy (non-hydrogen) atoms. The first kappa shape index (κ1) is 12.8. The van der Waals surface area contributed by atoms with Gasteiger partial charge in [-0.2, -0.15) is 0 Å². The highest BCUT2D eigenvalue weighted by Gasteiger charge is 2.70. The van der Waals surface area contributed by atoms with E-state index in [2.05, 4.69) is 4.74 Å². The number of hydrogen-bond acceptors (Lipinski definition) is 3. The molecule has 0 N–H and O–H groups in total. The van der Waals surface area contributed by atoms with Crippen LogP contribution in [0.4, 0.5) is 0 Å². The maximum absolute atomic E-state index is 11.4. The van der Waals surface area contributed by atoms with Crippen LogP contribution in [-0.2, 0) is 9.53 Å². The van der Waals surface area contributed by atoms with Crippen LogP contribution in [0.25, 0.3) is 0 Å². The van der Waals surface area contributed by atoms with Crippen LogP contribution in [-0.4, -0.2) is 23.5 Å². The smallest absolute Gasteiger partial charge is 0.315 e. The first-order valence-electron chi connectivity index (χ1n) is 4.84. The van der Waals surface area contributed by atoms with E-state index in [1.807, 2.05) is 0 Å². The second-order valence-electron chi connectivity index (χ2n) is 3.67. The van der Waals surface area contributed by atoms with Crippen LogP contribution in [0.15, 0.2) is 24.3 Å². The van der Waals surface area contributed by atoms with Gasteiger partial charge in [0.05, 0.1) is 7.11 Å². The number of rotatable bonds is 3. The van der Waals surface area contributed by atoms with E-state index in [-0.39, 0.29) is 0 Å². The number of alkyl halides is 2. The molecule has 92 valence electrons. The van der Waals surface area contributed by atoms with Crippen molar-refractivity contribution in [3.05, 3.63) is 29.3 Å². The molecule has 1 aliphatic rings. The number of ether oxygens (including phenoxy) is 2. The van der Waals surface area contributed by atoms with Crippen molar-refractivity contribution in [1.82, 2.24) is 0 Å². The molecule has 1 aromatic rings. The minimum absolute atomic E-state index is 0.478. The Morgan fingerprint density at radius 1 is 1.29 bits per heavy atom. The minimum Gasteiger partial charge on any atom is -0.486 e. The molecule has 2 unspecified atom stereocenters. The van der Waals surface area contributed by atoms with Crippen LogP contribution in [0.2, 0.25) is 5.02 Å². The first-order valence-corrected chi connectivity index (χ1v) is 5.98. The van der Waals surface area contributed by atoms with Crippen molar-refractivity contribution >= 4 is 40.8 Å². The van der Waals surface area contributed by atoms with Crippen molar-refractivity contribution < 1.29 is 14.3 Å². The topological polar surface area (TPSA) is 35.5 Å². The molecule has 1 aliphatic carbocycles. The summed E-state index contributed by atoms with van der Waals surface area (Å²) in [5, 5.41) is 0.598. The Kier molecular flexibility index (Phi) is 3.43. The highest BCUT2D eigenvalue weighted by Crippen LogP contribution is 2.55. The molecule has 1 saturated carbocycles. The number of methoxy groups -OCH3 is 1. The molecular weight excluding hydrogens is 286 g/mol. The van der Waals surface area contributed by atoms with E-state index in [4.69, 9.17) is 39.5 Å². The zero-order valence-corrected chi connectivity index (χ0v) is 11.1. The summed E-state index contributed by atoms with van der Waals surface area (Å²) in [6.07, 6.45) is -0.598. The van der Waals surface area contributed by atoms with Crippen LogP contribution < -0.4 is 4.74 Å². The highest BCUT2D eigenvalue weighted by atomic mass is 35.5. The van der Waals surface area contributed by atoms with Crippen LogP contribution in [0.3, 0.4) is 0 Å². The maximum atomic E-state index is 11.4. The molecule has 0 heterocycles. The molecule has 2 rings (SSSR count). The van der Waals surface area contributed by atoms with Crippen molar-refractivity contribution in [2.75, 3.05) is 7.11 Å². The van der Waals surface area contributed by atoms with Crippen LogP contribution in [0.5, 0.6) is 5.75 Å². The maximum Gasteiger partial charge on any atom is 0.315 e. The van der Waals surface area contributed by atoms with Crippen molar-refractivity contribution in [2.45, 2.75) is 10.4 Å². The van der Waals surface area contributed by atoms with Crippen molar-refractivity contribution in [2.24, 2.45) is 5.92 Å². The SMILES string of the molecule is COC(=O)C1C(Oc2ccc(Cl)cc2)C1(Cl)Cl. The first-order chi connectivity index (χ1) is 7.96. The monoisotopic (exact) mass is 294 g/mol. The van der Waals surface area contributed by atoms with Gasteiger partial charge in [0.15, 0.2) is 4.33 Å². The summed E-state index contributed by atoms with van der Waals surface area (Å²) in [4.78, 5) is 11.4. The van der Waals surface area contributed by atoms with Gasteiger partial charge in [-0.05, 0) is 24.3 Å².